The molecule has 2 aromatic heterocycles. The van der Waals surface area contributed by atoms with Crippen LogP contribution >= 0.6 is 0 Å². The molecule has 2 heterocycles. The van der Waals surface area contributed by atoms with Gasteiger partial charge in [-0.15, -0.1) is 0 Å². The molecule has 2 aromatic rings. The minimum absolute atomic E-state index is 0.203. The zero-order valence-corrected chi connectivity index (χ0v) is 9.50. The Labute approximate surface area is 103 Å². The van der Waals surface area contributed by atoms with Gasteiger partial charge in [-0.1, -0.05) is 6.07 Å². The van der Waals surface area contributed by atoms with E-state index in [2.05, 4.69) is 25.7 Å². The first-order valence-electron chi connectivity index (χ1n) is 5.25. The van der Waals surface area contributed by atoms with Crippen LogP contribution < -0.4 is 16.6 Å². The summed E-state index contributed by atoms with van der Waals surface area (Å²) in [6.07, 6.45) is 6.16. The lowest BCUT2D eigenvalue weighted by molar-refractivity contribution is 0.0945. The Balaban J connectivity index is 1.99. The van der Waals surface area contributed by atoms with Gasteiger partial charge in [0.05, 0.1) is 12.4 Å². The number of nitrogens with two attached hydrogens (primary N) is 1. The molecular weight excluding hydrogens is 232 g/mol. The van der Waals surface area contributed by atoms with Gasteiger partial charge in [0, 0.05) is 18.9 Å². The predicted octanol–water partition coefficient (Wildman–Crippen LogP) is 0.0872. The highest BCUT2D eigenvalue weighted by molar-refractivity contribution is 5.92. The van der Waals surface area contributed by atoms with E-state index in [9.17, 15) is 4.79 Å². The van der Waals surface area contributed by atoms with Gasteiger partial charge in [-0.05, 0) is 11.6 Å². The molecule has 0 aliphatic rings. The van der Waals surface area contributed by atoms with Crippen molar-refractivity contribution in [1.82, 2.24) is 20.3 Å². The van der Waals surface area contributed by atoms with Gasteiger partial charge in [-0.25, -0.2) is 10.8 Å². The molecule has 92 valence electrons. The molecule has 0 fully saturated rings. The van der Waals surface area contributed by atoms with Crippen molar-refractivity contribution in [3.05, 3.63) is 48.2 Å². The van der Waals surface area contributed by atoms with Gasteiger partial charge in [0.1, 0.15) is 5.69 Å². The van der Waals surface area contributed by atoms with E-state index in [0.717, 1.165) is 5.56 Å². The van der Waals surface area contributed by atoms with Crippen LogP contribution in [0.15, 0.2) is 36.9 Å². The number of nitrogen functional groups attached to an aromatic ring is 1. The number of nitrogens with one attached hydrogen (secondary N) is 2. The van der Waals surface area contributed by atoms with Crippen LogP contribution in [0.1, 0.15) is 16.1 Å². The Kier molecular flexibility index (Phi) is 3.77. The summed E-state index contributed by atoms with van der Waals surface area (Å²) < 4.78 is 0. The fourth-order valence-corrected chi connectivity index (χ4v) is 1.32. The van der Waals surface area contributed by atoms with Crippen LogP contribution in [0.25, 0.3) is 0 Å². The fraction of sp³-hybridized carbons (Fsp3) is 0.0909. The molecular formula is C11H12N6O. The van der Waals surface area contributed by atoms with E-state index >= 15 is 0 Å². The number of nitrogens with zero attached hydrogens (tertiary/aromatic N) is 3. The van der Waals surface area contributed by atoms with Gasteiger partial charge in [0.2, 0.25) is 0 Å². The van der Waals surface area contributed by atoms with E-state index in [4.69, 9.17) is 5.84 Å². The number of hydrogen-bond acceptors (Lipinski definition) is 6. The van der Waals surface area contributed by atoms with Crippen molar-refractivity contribution in [1.29, 1.82) is 0 Å². The van der Waals surface area contributed by atoms with E-state index in [1.54, 1.807) is 18.5 Å². The van der Waals surface area contributed by atoms with E-state index < -0.39 is 0 Å². The minimum Gasteiger partial charge on any atom is -0.347 e. The van der Waals surface area contributed by atoms with Crippen LogP contribution in [0.3, 0.4) is 0 Å². The van der Waals surface area contributed by atoms with Crippen LogP contribution in [0.4, 0.5) is 5.82 Å². The fourth-order valence-electron chi connectivity index (χ4n) is 1.32. The molecule has 0 saturated carbocycles. The van der Waals surface area contributed by atoms with Crippen molar-refractivity contribution in [2.24, 2.45) is 5.84 Å². The topological polar surface area (TPSA) is 106 Å². The second-order valence-corrected chi connectivity index (χ2v) is 3.48. The molecule has 2 rings (SSSR count). The average molecular weight is 244 g/mol. The molecule has 0 atom stereocenters. The smallest absolute Gasteiger partial charge is 0.271 e. The first-order chi connectivity index (χ1) is 8.79. The van der Waals surface area contributed by atoms with Gasteiger partial charge < -0.3 is 10.7 Å². The molecule has 1 amide bonds. The summed E-state index contributed by atoms with van der Waals surface area (Å²) >= 11 is 0. The van der Waals surface area contributed by atoms with Crippen molar-refractivity contribution < 1.29 is 4.79 Å². The molecule has 18 heavy (non-hydrogen) atoms. The Bertz CT molecular complexity index is 530. The largest absolute Gasteiger partial charge is 0.347 e. The second-order valence-electron chi connectivity index (χ2n) is 3.48. The van der Waals surface area contributed by atoms with Crippen LogP contribution in [0.2, 0.25) is 0 Å². The first kappa shape index (κ1) is 11.9. The predicted molar refractivity (Wildman–Crippen MR) is 65.2 cm³/mol. The molecule has 0 radical (unpaired) electrons. The highest BCUT2D eigenvalue weighted by atomic mass is 16.1. The maximum atomic E-state index is 11.8. The Morgan fingerprint density at radius 2 is 2.17 bits per heavy atom. The highest BCUT2D eigenvalue weighted by Gasteiger charge is 2.08. The van der Waals surface area contributed by atoms with Crippen molar-refractivity contribution in [2.75, 3.05) is 5.43 Å². The third-order valence-electron chi connectivity index (χ3n) is 2.19. The lowest BCUT2D eigenvalue weighted by Gasteiger charge is -2.05. The lowest BCUT2D eigenvalue weighted by atomic mass is 10.3. The maximum Gasteiger partial charge on any atom is 0.271 e. The molecule has 0 saturated heterocycles. The zero-order chi connectivity index (χ0) is 12.8. The van der Waals surface area contributed by atoms with Crippen molar-refractivity contribution in [2.45, 2.75) is 6.54 Å². The molecule has 7 heteroatoms. The number of hydrazine groups is 1. The van der Waals surface area contributed by atoms with Crippen LogP contribution in [0.5, 0.6) is 0 Å². The van der Waals surface area contributed by atoms with E-state index in [0.29, 0.717) is 12.4 Å². The van der Waals surface area contributed by atoms with Crippen LogP contribution in [-0.4, -0.2) is 20.9 Å². The number of rotatable bonds is 4. The van der Waals surface area contributed by atoms with Gasteiger partial charge >= 0.3 is 0 Å². The number of pyridine rings is 1. The highest BCUT2D eigenvalue weighted by Crippen LogP contribution is 2.01. The summed E-state index contributed by atoms with van der Waals surface area (Å²) in [6, 6.07) is 3.68. The third-order valence-corrected chi connectivity index (χ3v) is 2.19. The van der Waals surface area contributed by atoms with Crippen molar-refractivity contribution >= 4 is 11.7 Å². The monoisotopic (exact) mass is 244 g/mol. The summed E-state index contributed by atoms with van der Waals surface area (Å²) in [4.78, 5) is 23.6. The Hall–Kier alpha value is -2.54. The summed E-state index contributed by atoms with van der Waals surface area (Å²) in [5.41, 5.74) is 3.44. The second kappa shape index (κ2) is 5.69. The van der Waals surface area contributed by atoms with Crippen LogP contribution in [-0.2, 0) is 6.54 Å². The number of carbonyl (C=O) groups is 1. The van der Waals surface area contributed by atoms with Gasteiger partial charge in [-0.3, -0.25) is 14.8 Å². The summed E-state index contributed by atoms with van der Waals surface area (Å²) in [5.74, 6) is 5.21. The standard InChI is InChI=1S/C11H12N6O/c12-17-10-7-14-6-9(16-10)11(18)15-5-8-2-1-3-13-4-8/h1-4,6-7H,5,12H2,(H,15,18)(H,16,17). The minimum atomic E-state index is -0.316. The first-order valence-corrected chi connectivity index (χ1v) is 5.25. The summed E-state index contributed by atoms with van der Waals surface area (Å²) in [5, 5.41) is 2.72. The molecule has 0 aliphatic carbocycles. The Morgan fingerprint density at radius 1 is 1.28 bits per heavy atom. The third kappa shape index (κ3) is 2.98. The molecule has 0 spiro atoms. The quantitative estimate of drug-likeness (QED) is 0.520. The van der Waals surface area contributed by atoms with Crippen LogP contribution in [0, 0.1) is 0 Å². The molecule has 0 unspecified atom stereocenters. The zero-order valence-electron chi connectivity index (χ0n) is 9.50. The number of hydrogen-bond donors (Lipinski definition) is 3. The summed E-state index contributed by atoms with van der Waals surface area (Å²) in [6.45, 7) is 0.384. The van der Waals surface area contributed by atoms with E-state index in [1.807, 2.05) is 6.07 Å². The number of amides is 1. The number of aromatic nitrogens is 3. The van der Waals surface area contributed by atoms with Gasteiger partial charge in [0.25, 0.3) is 5.91 Å². The van der Waals surface area contributed by atoms with Crippen molar-refractivity contribution in [3.8, 4) is 0 Å². The van der Waals surface area contributed by atoms with Gasteiger partial charge in [0.15, 0.2) is 5.82 Å². The number of anilines is 1. The summed E-state index contributed by atoms with van der Waals surface area (Å²) in [7, 11) is 0. The normalized spacial score (nSPS) is 9.83. The molecule has 0 aliphatic heterocycles. The Morgan fingerprint density at radius 3 is 2.89 bits per heavy atom. The maximum absolute atomic E-state index is 11.8. The molecule has 4 N–H and O–H groups in total. The molecule has 0 bridgehead atoms. The SMILES string of the molecule is NNc1cncc(C(=O)NCc2cccnc2)n1. The van der Waals surface area contributed by atoms with Crippen molar-refractivity contribution in [3.63, 3.8) is 0 Å². The van der Waals surface area contributed by atoms with Gasteiger partial charge in [-0.2, -0.15) is 0 Å². The average Bonchev–Trinajstić information content (AvgIpc) is 2.46. The van der Waals surface area contributed by atoms with E-state index in [-0.39, 0.29) is 11.6 Å². The lowest BCUT2D eigenvalue weighted by Crippen LogP contribution is -2.24. The van der Waals surface area contributed by atoms with E-state index in [1.165, 1.54) is 12.4 Å². The molecule has 0 aromatic carbocycles. The molecule has 7 nitrogen and oxygen atoms in total. The number of carbonyl (C=O) groups excluding carboxylic acids is 1.